The van der Waals surface area contributed by atoms with Crippen molar-refractivity contribution < 1.29 is 0 Å². The van der Waals surface area contributed by atoms with Gasteiger partial charge in [0, 0.05) is 41.7 Å². The van der Waals surface area contributed by atoms with Gasteiger partial charge in [-0.1, -0.05) is 23.7 Å². The van der Waals surface area contributed by atoms with Gasteiger partial charge >= 0.3 is 0 Å². The normalized spacial score (nSPS) is 22.9. The van der Waals surface area contributed by atoms with Crippen molar-refractivity contribution in [2.45, 2.75) is 25.4 Å². The Morgan fingerprint density at radius 2 is 2.39 bits per heavy atom. The summed E-state index contributed by atoms with van der Waals surface area (Å²) >= 11 is 8.04. The van der Waals surface area contributed by atoms with Gasteiger partial charge in [-0.3, -0.25) is 4.90 Å². The Morgan fingerprint density at radius 1 is 1.56 bits per heavy atom. The summed E-state index contributed by atoms with van der Waals surface area (Å²) in [5.74, 6) is 2.49. The van der Waals surface area contributed by atoms with Crippen LogP contribution in [0.25, 0.3) is 0 Å². The largest absolute Gasteiger partial charge is 0.324 e. The van der Waals surface area contributed by atoms with E-state index in [9.17, 15) is 0 Å². The summed E-state index contributed by atoms with van der Waals surface area (Å²) in [6.45, 7) is 4.57. The first-order valence-corrected chi connectivity index (χ1v) is 8.03. The molecule has 0 bridgehead atoms. The molecule has 1 heterocycles. The maximum absolute atomic E-state index is 6.24. The highest BCUT2D eigenvalue weighted by Gasteiger charge is 2.19. The van der Waals surface area contributed by atoms with Crippen LogP contribution in [-0.4, -0.2) is 35.5 Å². The van der Waals surface area contributed by atoms with Crippen molar-refractivity contribution in [3.05, 3.63) is 34.9 Å². The third kappa shape index (κ3) is 3.89. The summed E-state index contributed by atoms with van der Waals surface area (Å²) < 4.78 is 0. The van der Waals surface area contributed by atoms with Crippen LogP contribution in [0.15, 0.2) is 24.3 Å². The zero-order chi connectivity index (χ0) is 13.0. The topological polar surface area (TPSA) is 29.3 Å². The van der Waals surface area contributed by atoms with Crippen LogP contribution in [0, 0.1) is 0 Å². The van der Waals surface area contributed by atoms with Gasteiger partial charge in [-0.2, -0.15) is 11.8 Å². The first kappa shape index (κ1) is 14.2. The van der Waals surface area contributed by atoms with Crippen molar-refractivity contribution in [1.29, 1.82) is 0 Å². The second-order valence-corrected chi connectivity index (χ2v) is 6.50. The number of halogens is 1. The highest BCUT2D eigenvalue weighted by Crippen LogP contribution is 2.21. The molecule has 1 fully saturated rings. The van der Waals surface area contributed by atoms with Crippen LogP contribution in [0.1, 0.15) is 24.9 Å². The second-order valence-electron chi connectivity index (χ2n) is 4.91. The van der Waals surface area contributed by atoms with E-state index < -0.39 is 0 Å². The van der Waals surface area contributed by atoms with E-state index >= 15 is 0 Å². The van der Waals surface area contributed by atoms with Crippen molar-refractivity contribution in [2.24, 2.45) is 5.73 Å². The Kier molecular flexibility index (Phi) is 5.37. The van der Waals surface area contributed by atoms with Crippen LogP contribution < -0.4 is 5.73 Å². The summed E-state index contributed by atoms with van der Waals surface area (Å²) in [5.41, 5.74) is 7.38. The number of rotatable bonds is 4. The van der Waals surface area contributed by atoms with Crippen molar-refractivity contribution in [3.8, 4) is 0 Å². The Hall–Kier alpha value is -0.220. The molecule has 0 amide bonds. The van der Waals surface area contributed by atoms with E-state index in [-0.39, 0.29) is 6.04 Å². The Balaban J connectivity index is 1.86. The second kappa shape index (κ2) is 6.80. The van der Waals surface area contributed by atoms with E-state index in [1.54, 1.807) is 0 Å². The summed E-state index contributed by atoms with van der Waals surface area (Å²) in [6.07, 6.45) is 0.995. The highest BCUT2D eigenvalue weighted by atomic mass is 35.5. The molecular formula is C14H21ClN2S. The van der Waals surface area contributed by atoms with Gasteiger partial charge in [0.15, 0.2) is 0 Å². The molecule has 18 heavy (non-hydrogen) atoms. The fourth-order valence-electron chi connectivity index (χ4n) is 2.30. The molecule has 0 radical (unpaired) electrons. The molecule has 2 rings (SSSR count). The molecule has 2 nitrogen and oxygen atoms in total. The van der Waals surface area contributed by atoms with Gasteiger partial charge in [-0.05, 0) is 31.0 Å². The molecule has 0 aliphatic carbocycles. The minimum absolute atomic E-state index is 0.0884. The van der Waals surface area contributed by atoms with E-state index in [0.717, 1.165) is 23.6 Å². The third-order valence-electron chi connectivity index (χ3n) is 3.51. The summed E-state index contributed by atoms with van der Waals surface area (Å²) in [4.78, 5) is 2.54. The number of hydrogen-bond acceptors (Lipinski definition) is 3. The average molecular weight is 285 g/mol. The number of hydrogen-bond donors (Lipinski definition) is 1. The lowest BCUT2D eigenvalue weighted by Gasteiger charge is -2.33. The number of nitrogens with zero attached hydrogens (tertiary/aromatic N) is 1. The number of nitrogens with two attached hydrogens (primary N) is 1. The van der Waals surface area contributed by atoms with Gasteiger partial charge in [-0.15, -0.1) is 0 Å². The van der Waals surface area contributed by atoms with E-state index in [0.29, 0.717) is 6.04 Å². The Labute approximate surface area is 119 Å². The molecule has 2 atom stereocenters. The van der Waals surface area contributed by atoms with Crippen LogP contribution in [-0.2, 0) is 0 Å². The smallest absolute Gasteiger partial charge is 0.0409 e. The first-order chi connectivity index (χ1) is 8.66. The highest BCUT2D eigenvalue weighted by molar-refractivity contribution is 7.99. The van der Waals surface area contributed by atoms with Crippen LogP contribution in [0.2, 0.25) is 5.02 Å². The Morgan fingerprint density at radius 3 is 3.11 bits per heavy atom. The van der Waals surface area contributed by atoms with Crippen LogP contribution in [0.5, 0.6) is 0 Å². The SMILES string of the molecule is CC1CSCCN1CCC(N)c1cccc(Cl)c1. The average Bonchev–Trinajstić information content (AvgIpc) is 2.37. The molecule has 0 spiro atoms. The molecule has 0 saturated carbocycles. The maximum Gasteiger partial charge on any atom is 0.0409 e. The number of thioether (sulfide) groups is 1. The van der Waals surface area contributed by atoms with Crippen molar-refractivity contribution in [2.75, 3.05) is 24.6 Å². The predicted molar refractivity (Wildman–Crippen MR) is 81.4 cm³/mol. The summed E-state index contributed by atoms with van der Waals surface area (Å²) in [7, 11) is 0. The van der Waals surface area contributed by atoms with E-state index in [1.807, 2.05) is 30.0 Å². The first-order valence-electron chi connectivity index (χ1n) is 6.49. The van der Waals surface area contributed by atoms with Gasteiger partial charge < -0.3 is 5.73 Å². The van der Waals surface area contributed by atoms with E-state index in [1.165, 1.54) is 18.1 Å². The van der Waals surface area contributed by atoms with Gasteiger partial charge in [0.05, 0.1) is 0 Å². The molecular weight excluding hydrogens is 264 g/mol. The number of benzene rings is 1. The van der Waals surface area contributed by atoms with Gasteiger partial charge in [0.25, 0.3) is 0 Å². The Bertz CT molecular complexity index is 386. The van der Waals surface area contributed by atoms with E-state index in [2.05, 4.69) is 17.9 Å². The molecule has 2 N–H and O–H groups in total. The molecule has 1 aromatic carbocycles. The zero-order valence-electron chi connectivity index (χ0n) is 10.8. The maximum atomic E-state index is 6.24. The molecule has 2 unspecified atom stereocenters. The minimum atomic E-state index is 0.0884. The lowest BCUT2D eigenvalue weighted by atomic mass is 10.0. The van der Waals surface area contributed by atoms with Crippen molar-refractivity contribution in [1.82, 2.24) is 4.90 Å². The van der Waals surface area contributed by atoms with E-state index in [4.69, 9.17) is 17.3 Å². The third-order valence-corrected chi connectivity index (χ3v) is 4.93. The molecule has 1 aliphatic heterocycles. The standard InChI is InChI=1S/C14H21ClN2S/c1-11-10-18-8-7-17(11)6-5-14(16)12-3-2-4-13(15)9-12/h2-4,9,11,14H,5-8,10,16H2,1H3. The molecule has 1 aromatic rings. The molecule has 1 saturated heterocycles. The molecule has 4 heteroatoms. The molecule has 1 aliphatic rings. The van der Waals surface area contributed by atoms with Crippen molar-refractivity contribution >= 4 is 23.4 Å². The lowest BCUT2D eigenvalue weighted by Crippen LogP contribution is -2.41. The predicted octanol–water partition coefficient (Wildman–Crippen LogP) is 3.17. The monoisotopic (exact) mass is 284 g/mol. The fourth-order valence-corrected chi connectivity index (χ4v) is 3.58. The fraction of sp³-hybridized carbons (Fsp3) is 0.571. The van der Waals surface area contributed by atoms with Crippen LogP contribution >= 0.6 is 23.4 Å². The summed E-state index contributed by atoms with van der Waals surface area (Å²) in [6, 6.07) is 8.66. The summed E-state index contributed by atoms with van der Waals surface area (Å²) in [5, 5.41) is 0.769. The molecule has 100 valence electrons. The van der Waals surface area contributed by atoms with Gasteiger partial charge in [0.1, 0.15) is 0 Å². The quantitative estimate of drug-likeness (QED) is 0.921. The van der Waals surface area contributed by atoms with Crippen molar-refractivity contribution in [3.63, 3.8) is 0 Å². The zero-order valence-corrected chi connectivity index (χ0v) is 12.4. The van der Waals surface area contributed by atoms with Crippen LogP contribution in [0.4, 0.5) is 0 Å². The minimum Gasteiger partial charge on any atom is -0.324 e. The van der Waals surface area contributed by atoms with Crippen LogP contribution in [0.3, 0.4) is 0 Å². The van der Waals surface area contributed by atoms with Gasteiger partial charge in [0.2, 0.25) is 0 Å². The van der Waals surface area contributed by atoms with Gasteiger partial charge in [-0.25, -0.2) is 0 Å². The lowest BCUT2D eigenvalue weighted by molar-refractivity contribution is 0.224. The molecule has 0 aromatic heterocycles.